The molecule has 0 aliphatic carbocycles. The van der Waals surface area contributed by atoms with Crippen LogP contribution in [0.2, 0.25) is 0 Å². The molecule has 1 aromatic carbocycles. The normalized spacial score (nSPS) is 11.6. The van der Waals surface area contributed by atoms with E-state index in [-0.39, 0.29) is 5.54 Å². The van der Waals surface area contributed by atoms with Gasteiger partial charge in [0.15, 0.2) is 5.13 Å². The molecule has 5 heteroatoms. The zero-order valence-electron chi connectivity index (χ0n) is 10.4. The Labute approximate surface area is 109 Å². The smallest absolute Gasteiger partial charge is 0.183 e. The molecule has 0 aliphatic rings. The number of anilines is 1. The van der Waals surface area contributed by atoms with E-state index < -0.39 is 11.6 Å². The standard InChI is InChI=1S/C13H14F2N2S/c1-13(2,3)17-12-16-11(7-18-12)9-5-4-8(14)6-10(9)15/h4-7H,1-3H3,(H,16,17). The van der Waals surface area contributed by atoms with Crippen molar-refractivity contribution in [3.63, 3.8) is 0 Å². The molecule has 0 unspecified atom stereocenters. The summed E-state index contributed by atoms with van der Waals surface area (Å²) in [5.41, 5.74) is 0.732. The van der Waals surface area contributed by atoms with E-state index >= 15 is 0 Å². The Balaban J connectivity index is 2.29. The molecule has 2 rings (SSSR count). The number of thiazole rings is 1. The molecule has 0 saturated carbocycles. The fraction of sp³-hybridized carbons (Fsp3) is 0.308. The maximum Gasteiger partial charge on any atom is 0.183 e. The first-order valence-corrected chi connectivity index (χ1v) is 6.42. The van der Waals surface area contributed by atoms with Crippen LogP contribution in [0.1, 0.15) is 20.8 Å². The highest BCUT2D eigenvalue weighted by molar-refractivity contribution is 7.14. The van der Waals surface area contributed by atoms with Gasteiger partial charge in [0.25, 0.3) is 0 Å². The van der Waals surface area contributed by atoms with Crippen molar-refractivity contribution in [3.8, 4) is 11.3 Å². The molecule has 0 saturated heterocycles. The zero-order chi connectivity index (χ0) is 13.3. The van der Waals surface area contributed by atoms with E-state index in [2.05, 4.69) is 10.3 Å². The molecule has 1 heterocycles. The van der Waals surface area contributed by atoms with Crippen LogP contribution in [0.3, 0.4) is 0 Å². The van der Waals surface area contributed by atoms with E-state index in [1.165, 1.54) is 23.5 Å². The minimum Gasteiger partial charge on any atom is -0.357 e. The first-order chi connectivity index (χ1) is 8.35. The summed E-state index contributed by atoms with van der Waals surface area (Å²) in [5.74, 6) is -1.18. The number of nitrogens with one attached hydrogen (secondary N) is 1. The van der Waals surface area contributed by atoms with Crippen molar-refractivity contribution < 1.29 is 8.78 Å². The lowest BCUT2D eigenvalue weighted by Crippen LogP contribution is -2.25. The molecule has 1 aromatic heterocycles. The van der Waals surface area contributed by atoms with E-state index in [1.807, 2.05) is 20.8 Å². The van der Waals surface area contributed by atoms with Gasteiger partial charge in [-0.05, 0) is 32.9 Å². The van der Waals surface area contributed by atoms with Gasteiger partial charge >= 0.3 is 0 Å². The van der Waals surface area contributed by atoms with Gasteiger partial charge in [-0.3, -0.25) is 0 Å². The van der Waals surface area contributed by atoms with Crippen molar-refractivity contribution in [1.29, 1.82) is 0 Å². The Morgan fingerprint density at radius 3 is 2.56 bits per heavy atom. The molecule has 2 nitrogen and oxygen atoms in total. The largest absolute Gasteiger partial charge is 0.357 e. The van der Waals surface area contributed by atoms with Gasteiger partial charge in [-0.1, -0.05) is 0 Å². The van der Waals surface area contributed by atoms with Gasteiger partial charge in [0.2, 0.25) is 0 Å². The summed E-state index contributed by atoms with van der Waals surface area (Å²) in [5, 5.41) is 5.69. The fourth-order valence-electron chi connectivity index (χ4n) is 1.47. The number of hydrogen-bond donors (Lipinski definition) is 1. The zero-order valence-corrected chi connectivity index (χ0v) is 11.2. The maximum atomic E-state index is 13.6. The average molecular weight is 268 g/mol. The second kappa shape index (κ2) is 4.65. The summed E-state index contributed by atoms with van der Waals surface area (Å²) in [7, 11) is 0. The molecule has 96 valence electrons. The number of benzene rings is 1. The highest BCUT2D eigenvalue weighted by Gasteiger charge is 2.14. The van der Waals surface area contributed by atoms with Crippen molar-refractivity contribution in [2.75, 3.05) is 5.32 Å². The predicted octanol–water partition coefficient (Wildman–Crippen LogP) is 4.30. The van der Waals surface area contributed by atoms with E-state index in [4.69, 9.17) is 0 Å². The van der Waals surface area contributed by atoms with Crippen LogP contribution in [-0.4, -0.2) is 10.5 Å². The number of hydrogen-bond acceptors (Lipinski definition) is 3. The maximum absolute atomic E-state index is 13.6. The number of nitrogens with zero attached hydrogens (tertiary/aromatic N) is 1. The van der Waals surface area contributed by atoms with Gasteiger partial charge in [0.05, 0.1) is 5.69 Å². The monoisotopic (exact) mass is 268 g/mol. The van der Waals surface area contributed by atoms with Crippen LogP contribution in [0.4, 0.5) is 13.9 Å². The van der Waals surface area contributed by atoms with Gasteiger partial charge in [0.1, 0.15) is 11.6 Å². The van der Waals surface area contributed by atoms with Crippen molar-refractivity contribution in [1.82, 2.24) is 4.98 Å². The summed E-state index contributed by atoms with van der Waals surface area (Å²) in [4.78, 5) is 4.30. The van der Waals surface area contributed by atoms with E-state index in [9.17, 15) is 8.78 Å². The Kier molecular flexibility index (Phi) is 3.34. The van der Waals surface area contributed by atoms with Crippen LogP contribution >= 0.6 is 11.3 Å². The lowest BCUT2D eigenvalue weighted by molar-refractivity contribution is 0.585. The Morgan fingerprint density at radius 2 is 1.94 bits per heavy atom. The SMILES string of the molecule is CC(C)(C)Nc1nc(-c2ccc(F)cc2F)cs1. The molecule has 0 amide bonds. The van der Waals surface area contributed by atoms with Crippen LogP contribution in [0, 0.1) is 11.6 Å². The predicted molar refractivity (Wildman–Crippen MR) is 70.8 cm³/mol. The summed E-state index contributed by atoms with van der Waals surface area (Å²) < 4.78 is 26.4. The van der Waals surface area contributed by atoms with Gasteiger partial charge in [-0.15, -0.1) is 11.3 Å². The van der Waals surface area contributed by atoms with Crippen LogP contribution < -0.4 is 5.32 Å². The fourth-order valence-corrected chi connectivity index (χ4v) is 2.39. The van der Waals surface area contributed by atoms with Crippen LogP contribution in [0.25, 0.3) is 11.3 Å². The molecular weight excluding hydrogens is 254 g/mol. The lowest BCUT2D eigenvalue weighted by Gasteiger charge is -2.19. The van der Waals surface area contributed by atoms with E-state index in [0.717, 1.165) is 11.2 Å². The van der Waals surface area contributed by atoms with Crippen LogP contribution in [0.5, 0.6) is 0 Å². The number of halogens is 2. The van der Waals surface area contributed by atoms with Crippen LogP contribution in [0.15, 0.2) is 23.6 Å². The first-order valence-electron chi connectivity index (χ1n) is 5.54. The highest BCUT2D eigenvalue weighted by Crippen LogP contribution is 2.28. The third-order valence-corrected chi connectivity index (χ3v) is 2.95. The third kappa shape index (κ3) is 3.04. The minimum atomic E-state index is -0.595. The molecule has 1 N–H and O–H groups in total. The van der Waals surface area contributed by atoms with E-state index in [1.54, 1.807) is 5.38 Å². The highest BCUT2D eigenvalue weighted by atomic mass is 32.1. The minimum absolute atomic E-state index is 0.101. The molecule has 2 aromatic rings. The number of aromatic nitrogens is 1. The topological polar surface area (TPSA) is 24.9 Å². The van der Waals surface area contributed by atoms with Gasteiger partial charge in [0, 0.05) is 22.5 Å². The summed E-state index contributed by atoms with van der Waals surface area (Å²) in [6.45, 7) is 6.06. The van der Waals surface area contributed by atoms with Crippen molar-refractivity contribution in [2.24, 2.45) is 0 Å². The van der Waals surface area contributed by atoms with Gasteiger partial charge in [-0.25, -0.2) is 13.8 Å². The van der Waals surface area contributed by atoms with Crippen molar-refractivity contribution in [2.45, 2.75) is 26.3 Å². The Bertz CT molecular complexity index is 558. The average Bonchev–Trinajstić information content (AvgIpc) is 2.63. The Hall–Kier alpha value is -1.49. The summed E-state index contributed by atoms with van der Waals surface area (Å²) in [6, 6.07) is 3.50. The molecule has 18 heavy (non-hydrogen) atoms. The second-order valence-corrected chi connectivity index (χ2v) is 5.90. The lowest BCUT2D eigenvalue weighted by atomic mass is 10.1. The van der Waals surface area contributed by atoms with Gasteiger partial charge < -0.3 is 5.32 Å². The Morgan fingerprint density at radius 1 is 1.22 bits per heavy atom. The molecule has 0 atom stereocenters. The quantitative estimate of drug-likeness (QED) is 0.878. The van der Waals surface area contributed by atoms with Gasteiger partial charge in [-0.2, -0.15) is 0 Å². The first kappa shape index (κ1) is 13.0. The molecule has 0 fully saturated rings. The molecule has 0 aliphatic heterocycles. The van der Waals surface area contributed by atoms with Crippen LogP contribution in [-0.2, 0) is 0 Å². The summed E-state index contributed by atoms with van der Waals surface area (Å²) >= 11 is 1.40. The van der Waals surface area contributed by atoms with E-state index in [0.29, 0.717) is 11.3 Å². The molecule has 0 spiro atoms. The summed E-state index contributed by atoms with van der Waals surface area (Å²) in [6.07, 6.45) is 0. The molecular formula is C13H14F2N2S. The van der Waals surface area contributed by atoms with Crippen molar-refractivity contribution in [3.05, 3.63) is 35.2 Å². The van der Waals surface area contributed by atoms with Crippen molar-refractivity contribution >= 4 is 16.5 Å². The molecule has 0 radical (unpaired) electrons. The molecule has 0 bridgehead atoms. The third-order valence-electron chi connectivity index (χ3n) is 2.19. The number of rotatable bonds is 2. The second-order valence-electron chi connectivity index (χ2n) is 5.04.